The Balaban J connectivity index is 1.80. The van der Waals surface area contributed by atoms with E-state index in [0.717, 1.165) is 11.3 Å². The van der Waals surface area contributed by atoms with Gasteiger partial charge in [0.1, 0.15) is 0 Å². The van der Waals surface area contributed by atoms with Gasteiger partial charge in [-0.15, -0.1) is 0 Å². The van der Waals surface area contributed by atoms with Gasteiger partial charge in [-0.25, -0.2) is 0 Å². The number of carbonyl (C=O) groups is 2. The van der Waals surface area contributed by atoms with E-state index in [1.807, 2.05) is 24.5 Å². The molecule has 0 saturated carbocycles. The van der Waals surface area contributed by atoms with Crippen LogP contribution in [0.5, 0.6) is 0 Å². The minimum atomic E-state index is -0.269. The van der Waals surface area contributed by atoms with Crippen LogP contribution in [0.15, 0.2) is 42.5 Å². The van der Waals surface area contributed by atoms with Gasteiger partial charge in [-0.1, -0.05) is 35.3 Å². The third-order valence-electron chi connectivity index (χ3n) is 3.38. The Morgan fingerprint density at radius 1 is 0.920 bits per heavy atom. The van der Waals surface area contributed by atoms with Crippen molar-refractivity contribution in [1.82, 2.24) is 10.6 Å². The molecule has 4 nitrogen and oxygen atoms in total. The van der Waals surface area contributed by atoms with Gasteiger partial charge in [0, 0.05) is 30.0 Å². The molecule has 0 fully saturated rings. The quantitative estimate of drug-likeness (QED) is 0.694. The zero-order chi connectivity index (χ0) is 18.2. The molecule has 0 saturated heterocycles. The Labute approximate surface area is 161 Å². The van der Waals surface area contributed by atoms with Crippen LogP contribution >= 0.6 is 35.0 Å². The van der Waals surface area contributed by atoms with E-state index in [9.17, 15) is 9.59 Å². The molecule has 0 atom stereocenters. The summed E-state index contributed by atoms with van der Waals surface area (Å²) in [5.41, 5.74) is 2.14. The molecule has 0 unspecified atom stereocenters. The van der Waals surface area contributed by atoms with Crippen LogP contribution in [-0.4, -0.2) is 31.2 Å². The summed E-state index contributed by atoms with van der Waals surface area (Å²) in [5.74, 6) is 0.433. The first kappa shape index (κ1) is 19.6. The zero-order valence-corrected chi connectivity index (χ0v) is 16.0. The van der Waals surface area contributed by atoms with E-state index in [4.69, 9.17) is 23.2 Å². The van der Waals surface area contributed by atoms with Gasteiger partial charge in [-0.3, -0.25) is 9.59 Å². The maximum Gasteiger partial charge on any atom is 0.251 e. The highest BCUT2D eigenvalue weighted by Gasteiger charge is 2.09. The molecule has 2 aromatic rings. The largest absolute Gasteiger partial charge is 0.350 e. The third kappa shape index (κ3) is 5.96. The van der Waals surface area contributed by atoms with Crippen molar-refractivity contribution in [2.45, 2.75) is 5.75 Å². The Hall–Kier alpha value is -1.69. The van der Waals surface area contributed by atoms with Gasteiger partial charge in [0.15, 0.2) is 0 Å². The first-order chi connectivity index (χ1) is 12.0. The fourth-order valence-corrected chi connectivity index (χ4v) is 2.97. The summed E-state index contributed by atoms with van der Waals surface area (Å²) in [7, 11) is 0. The second-order valence-corrected chi connectivity index (χ2v) is 6.95. The number of benzene rings is 2. The van der Waals surface area contributed by atoms with Gasteiger partial charge < -0.3 is 10.6 Å². The predicted octanol–water partition coefficient (Wildman–Crippen LogP) is 4.02. The molecule has 0 spiro atoms. The second-order valence-electron chi connectivity index (χ2n) is 5.27. The molecule has 2 rings (SSSR count). The lowest BCUT2D eigenvalue weighted by molar-refractivity contribution is 0.0927. The van der Waals surface area contributed by atoms with E-state index in [2.05, 4.69) is 10.6 Å². The highest BCUT2D eigenvalue weighted by atomic mass is 35.5. The van der Waals surface area contributed by atoms with Crippen molar-refractivity contribution in [3.8, 4) is 0 Å². The minimum absolute atomic E-state index is 0.160. The lowest BCUT2D eigenvalue weighted by Crippen LogP contribution is -2.34. The molecule has 0 aromatic heterocycles. The standard InChI is InChI=1S/C18H18Cl2N2O2S/c1-25-11-12-3-2-4-13(9-12)17(23)21-7-8-22-18(24)14-5-6-15(19)16(20)10-14/h2-6,9-10H,7-8,11H2,1H3,(H,21,23)(H,22,24). The monoisotopic (exact) mass is 396 g/mol. The molecule has 2 aromatic carbocycles. The summed E-state index contributed by atoms with van der Waals surface area (Å²) in [4.78, 5) is 24.1. The summed E-state index contributed by atoms with van der Waals surface area (Å²) in [6, 6.07) is 12.2. The Morgan fingerprint density at radius 2 is 1.56 bits per heavy atom. The van der Waals surface area contributed by atoms with Crippen molar-refractivity contribution in [2.24, 2.45) is 0 Å². The number of hydrogen-bond donors (Lipinski definition) is 2. The maximum absolute atomic E-state index is 12.1. The molecule has 0 radical (unpaired) electrons. The van der Waals surface area contributed by atoms with Crippen LogP contribution in [0.2, 0.25) is 10.0 Å². The molecule has 0 bridgehead atoms. The molecule has 0 aliphatic carbocycles. The number of thioether (sulfide) groups is 1. The predicted molar refractivity (Wildman–Crippen MR) is 105 cm³/mol. The first-order valence-electron chi connectivity index (χ1n) is 7.60. The summed E-state index contributed by atoms with van der Waals surface area (Å²) in [6.45, 7) is 0.647. The van der Waals surface area contributed by atoms with Gasteiger partial charge in [-0.2, -0.15) is 11.8 Å². The van der Waals surface area contributed by atoms with Crippen LogP contribution in [0, 0.1) is 0 Å². The van der Waals surface area contributed by atoms with Gasteiger partial charge in [0.2, 0.25) is 0 Å². The van der Waals surface area contributed by atoms with E-state index in [1.165, 1.54) is 6.07 Å². The van der Waals surface area contributed by atoms with Crippen LogP contribution in [-0.2, 0) is 5.75 Å². The SMILES string of the molecule is CSCc1cccc(C(=O)NCCNC(=O)c2ccc(Cl)c(Cl)c2)c1. The van der Waals surface area contributed by atoms with E-state index in [-0.39, 0.29) is 11.8 Å². The number of nitrogens with one attached hydrogen (secondary N) is 2. The van der Waals surface area contributed by atoms with Crippen LogP contribution in [0.1, 0.15) is 26.3 Å². The molecular weight excluding hydrogens is 379 g/mol. The maximum atomic E-state index is 12.1. The third-order valence-corrected chi connectivity index (χ3v) is 4.74. The topological polar surface area (TPSA) is 58.2 Å². The van der Waals surface area contributed by atoms with Crippen LogP contribution in [0.3, 0.4) is 0 Å². The number of hydrogen-bond acceptors (Lipinski definition) is 3. The highest BCUT2D eigenvalue weighted by molar-refractivity contribution is 7.97. The van der Waals surface area contributed by atoms with E-state index in [0.29, 0.717) is 34.3 Å². The number of carbonyl (C=O) groups excluding carboxylic acids is 2. The molecule has 0 aliphatic heterocycles. The van der Waals surface area contributed by atoms with Gasteiger partial charge in [-0.05, 0) is 42.2 Å². The fraction of sp³-hybridized carbons (Fsp3) is 0.222. The molecular formula is C18H18Cl2N2O2S. The van der Waals surface area contributed by atoms with Gasteiger partial charge in [0.25, 0.3) is 11.8 Å². The second kappa shape index (κ2) is 9.70. The average Bonchev–Trinajstić information content (AvgIpc) is 2.61. The lowest BCUT2D eigenvalue weighted by Gasteiger charge is -2.08. The van der Waals surface area contributed by atoms with Crippen molar-refractivity contribution in [2.75, 3.05) is 19.3 Å². The van der Waals surface area contributed by atoms with E-state index < -0.39 is 0 Å². The Kier molecular flexibility index (Phi) is 7.62. The van der Waals surface area contributed by atoms with E-state index in [1.54, 1.807) is 30.0 Å². The summed E-state index contributed by atoms with van der Waals surface area (Å²) in [5, 5.41) is 6.24. The smallest absolute Gasteiger partial charge is 0.251 e. The van der Waals surface area contributed by atoms with E-state index >= 15 is 0 Å². The molecule has 2 amide bonds. The van der Waals surface area contributed by atoms with Gasteiger partial charge >= 0.3 is 0 Å². The molecule has 0 heterocycles. The average molecular weight is 397 g/mol. The van der Waals surface area contributed by atoms with Crippen molar-refractivity contribution < 1.29 is 9.59 Å². The van der Waals surface area contributed by atoms with Crippen molar-refractivity contribution in [1.29, 1.82) is 0 Å². The zero-order valence-electron chi connectivity index (χ0n) is 13.6. The van der Waals surface area contributed by atoms with Crippen molar-refractivity contribution in [3.63, 3.8) is 0 Å². The fourth-order valence-electron chi connectivity index (χ4n) is 2.16. The molecule has 0 aliphatic rings. The number of rotatable bonds is 7. The van der Waals surface area contributed by atoms with Crippen LogP contribution in [0.25, 0.3) is 0 Å². The lowest BCUT2D eigenvalue weighted by atomic mass is 10.1. The van der Waals surface area contributed by atoms with Crippen LogP contribution in [0.4, 0.5) is 0 Å². The molecule has 132 valence electrons. The normalized spacial score (nSPS) is 10.4. The summed E-state index contributed by atoms with van der Waals surface area (Å²) >= 11 is 13.4. The summed E-state index contributed by atoms with van der Waals surface area (Å²) < 4.78 is 0. The summed E-state index contributed by atoms with van der Waals surface area (Å²) in [6.07, 6.45) is 2.02. The Morgan fingerprint density at radius 3 is 2.16 bits per heavy atom. The number of amides is 2. The minimum Gasteiger partial charge on any atom is -0.350 e. The van der Waals surface area contributed by atoms with Crippen molar-refractivity contribution in [3.05, 3.63) is 69.2 Å². The molecule has 25 heavy (non-hydrogen) atoms. The molecule has 7 heteroatoms. The Bertz CT molecular complexity index is 768. The number of halogens is 2. The highest BCUT2D eigenvalue weighted by Crippen LogP contribution is 2.22. The van der Waals surface area contributed by atoms with Gasteiger partial charge in [0.05, 0.1) is 10.0 Å². The molecule has 2 N–H and O–H groups in total. The van der Waals surface area contributed by atoms with Crippen LogP contribution < -0.4 is 10.6 Å². The van der Waals surface area contributed by atoms with Crippen molar-refractivity contribution >= 4 is 46.8 Å². The first-order valence-corrected chi connectivity index (χ1v) is 9.75.